The summed E-state index contributed by atoms with van der Waals surface area (Å²) in [5, 5.41) is 0. The highest BCUT2D eigenvalue weighted by atomic mass is 32.1. The van der Waals surface area contributed by atoms with Gasteiger partial charge in [-0.05, 0) is 13.0 Å². The summed E-state index contributed by atoms with van der Waals surface area (Å²) in [6.45, 7) is 4.47. The molecule has 0 spiro atoms. The number of benzene rings is 1. The van der Waals surface area contributed by atoms with Gasteiger partial charge in [-0.3, -0.25) is 4.79 Å². The standard InChI is InChI=1S/C14H18F2N2OS/c1-3-18(8-9(2)14(17)20)12(19)7-10-5-4-6-11(15)13(10)16/h4-6,9H,3,7-8H2,1-2H3,(H2,17,20). The molecule has 0 fully saturated rings. The molecule has 0 saturated heterocycles. The fourth-order valence-corrected chi connectivity index (χ4v) is 1.86. The molecule has 110 valence electrons. The maximum atomic E-state index is 13.5. The van der Waals surface area contributed by atoms with Crippen LogP contribution in [0.1, 0.15) is 19.4 Å². The Hall–Kier alpha value is -1.56. The predicted octanol–water partition coefficient (Wildman–Crippen LogP) is 2.28. The summed E-state index contributed by atoms with van der Waals surface area (Å²) in [6.07, 6.45) is -0.179. The number of amides is 1. The first-order valence-electron chi connectivity index (χ1n) is 6.36. The van der Waals surface area contributed by atoms with Crippen molar-refractivity contribution in [1.29, 1.82) is 0 Å². The number of carbonyl (C=O) groups is 1. The van der Waals surface area contributed by atoms with E-state index >= 15 is 0 Å². The number of nitrogens with zero attached hydrogens (tertiary/aromatic N) is 1. The van der Waals surface area contributed by atoms with Gasteiger partial charge >= 0.3 is 0 Å². The van der Waals surface area contributed by atoms with Crippen molar-refractivity contribution >= 4 is 23.1 Å². The Morgan fingerprint density at radius 1 is 1.45 bits per heavy atom. The third-order valence-electron chi connectivity index (χ3n) is 3.09. The summed E-state index contributed by atoms with van der Waals surface area (Å²) in [4.78, 5) is 14.0. The minimum absolute atomic E-state index is 0.0522. The van der Waals surface area contributed by atoms with Crippen LogP contribution < -0.4 is 5.73 Å². The van der Waals surface area contributed by atoms with Crippen LogP contribution in [0.15, 0.2) is 18.2 Å². The van der Waals surface area contributed by atoms with Gasteiger partial charge in [0.05, 0.1) is 11.4 Å². The van der Waals surface area contributed by atoms with Crippen molar-refractivity contribution in [2.75, 3.05) is 13.1 Å². The fraction of sp³-hybridized carbons (Fsp3) is 0.429. The van der Waals surface area contributed by atoms with E-state index in [4.69, 9.17) is 18.0 Å². The van der Waals surface area contributed by atoms with Crippen LogP contribution in [0, 0.1) is 17.6 Å². The summed E-state index contributed by atoms with van der Waals surface area (Å²) in [5.74, 6) is -2.32. The largest absolute Gasteiger partial charge is 0.393 e. The number of hydrogen-bond acceptors (Lipinski definition) is 2. The van der Waals surface area contributed by atoms with Crippen molar-refractivity contribution in [3.8, 4) is 0 Å². The predicted molar refractivity (Wildman–Crippen MR) is 78.3 cm³/mol. The monoisotopic (exact) mass is 300 g/mol. The van der Waals surface area contributed by atoms with Crippen molar-refractivity contribution in [2.24, 2.45) is 11.7 Å². The van der Waals surface area contributed by atoms with Crippen LogP contribution in [0.25, 0.3) is 0 Å². The Kier molecular flexibility index (Phi) is 6.01. The van der Waals surface area contributed by atoms with Crippen LogP contribution in [-0.4, -0.2) is 28.9 Å². The molecule has 0 bridgehead atoms. The average Bonchev–Trinajstić information content (AvgIpc) is 2.40. The summed E-state index contributed by atoms with van der Waals surface area (Å²) >= 11 is 4.87. The molecule has 2 N–H and O–H groups in total. The molecule has 0 aliphatic rings. The number of nitrogens with two attached hydrogens (primary N) is 1. The second kappa shape index (κ2) is 7.28. The van der Waals surface area contributed by atoms with Crippen molar-refractivity contribution in [3.63, 3.8) is 0 Å². The lowest BCUT2D eigenvalue weighted by Gasteiger charge is -2.24. The van der Waals surface area contributed by atoms with Crippen LogP contribution in [0.4, 0.5) is 8.78 Å². The Morgan fingerprint density at radius 2 is 2.10 bits per heavy atom. The van der Waals surface area contributed by atoms with E-state index in [0.29, 0.717) is 18.1 Å². The second-order valence-corrected chi connectivity index (χ2v) is 5.10. The van der Waals surface area contributed by atoms with Crippen LogP contribution in [0.2, 0.25) is 0 Å². The summed E-state index contributed by atoms with van der Waals surface area (Å²) in [6, 6.07) is 3.81. The van der Waals surface area contributed by atoms with Gasteiger partial charge in [-0.15, -0.1) is 0 Å². The number of thiocarbonyl (C=S) groups is 1. The molecule has 0 saturated carbocycles. The van der Waals surface area contributed by atoms with Crippen LogP contribution in [-0.2, 0) is 11.2 Å². The molecule has 0 aromatic heterocycles. The third kappa shape index (κ3) is 4.23. The summed E-state index contributed by atoms with van der Waals surface area (Å²) < 4.78 is 26.6. The molecule has 1 atom stereocenters. The lowest BCUT2D eigenvalue weighted by Crippen LogP contribution is -2.39. The molecule has 0 aliphatic carbocycles. The highest BCUT2D eigenvalue weighted by Crippen LogP contribution is 2.13. The second-order valence-electron chi connectivity index (χ2n) is 4.63. The lowest BCUT2D eigenvalue weighted by molar-refractivity contribution is -0.130. The Balaban J connectivity index is 2.77. The van der Waals surface area contributed by atoms with Crippen LogP contribution in [0.3, 0.4) is 0 Å². The third-order valence-corrected chi connectivity index (χ3v) is 3.49. The van der Waals surface area contributed by atoms with Gasteiger partial charge in [-0.2, -0.15) is 0 Å². The van der Waals surface area contributed by atoms with E-state index in [-0.39, 0.29) is 23.8 Å². The fourth-order valence-electron chi connectivity index (χ4n) is 1.79. The minimum atomic E-state index is -0.973. The molecule has 1 aromatic carbocycles. The molecule has 1 aromatic rings. The zero-order valence-corrected chi connectivity index (χ0v) is 12.3. The van der Waals surface area contributed by atoms with E-state index in [1.54, 1.807) is 0 Å². The van der Waals surface area contributed by atoms with E-state index in [9.17, 15) is 13.6 Å². The average molecular weight is 300 g/mol. The maximum absolute atomic E-state index is 13.5. The maximum Gasteiger partial charge on any atom is 0.227 e. The first kappa shape index (κ1) is 16.5. The zero-order chi connectivity index (χ0) is 15.3. The normalized spacial score (nSPS) is 12.0. The van der Waals surface area contributed by atoms with Gasteiger partial charge in [0.25, 0.3) is 0 Å². The zero-order valence-electron chi connectivity index (χ0n) is 11.5. The Labute approximate surface area is 122 Å². The smallest absolute Gasteiger partial charge is 0.227 e. The van der Waals surface area contributed by atoms with Gasteiger partial charge in [0.1, 0.15) is 0 Å². The highest BCUT2D eigenvalue weighted by Gasteiger charge is 2.19. The van der Waals surface area contributed by atoms with E-state index in [0.717, 1.165) is 6.07 Å². The molecule has 6 heteroatoms. The Bertz CT molecular complexity index is 508. The minimum Gasteiger partial charge on any atom is -0.393 e. The first-order chi connectivity index (χ1) is 9.36. The van der Waals surface area contributed by atoms with Gasteiger partial charge in [-0.1, -0.05) is 31.3 Å². The Morgan fingerprint density at radius 3 is 2.65 bits per heavy atom. The number of rotatable bonds is 6. The van der Waals surface area contributed by atoms with E-state index in [1.165, 1.54) is 17.0 Å². The number of carbonyl (C=O) groups excluding carboxylic acids is 1. The van der Waals surface area contributed by atoms with E-state index in [2.05, 4.69) is 0 Å². The van der Waals surface area contributed by atoms with Crippen molar-refractivity contribution < 1.29 is 13.6 Å². The number of hydrogen-bond donors (Lipinski definition) is 1. The molecule has 0 aliphatic heterocycles. The van der Waals surface area contributed by atoms with Gasteiger partial charge in [0.2, 0.25) is 5.91 Å². The van der Waals surface area contributed by atoms with Crippen molar-refractivity contribution in [2.45, 2.75) is 20.3 Å². The van der Waals surface area contributed by atoms with E-state index < -0.39 is 11.6 Å². The van der Waals surface area contributed by atoms with E-state index in [1.807, 2.05) is 13.8 Å². The quantitative estimate of drug-likeness (QED) is 0.820. The molecule has 1 unspecified atom stereocenters. The van der Waals surface area contributed by atoms with Gasteiger partial charge in [0, 0.05) is 24.6 Å². The first-order valence-corrected chi connectivity index (χ1v) is 6.77. The molecular formula is C14H18F2N2OS. The molecule has 1 rings (SSSR count). The number of halogens is 2. The van der Waals surface area contributed by atoms with Crippen LogP contribution in [0.5, 0.6) is 0 Å². The van der Waals surface area contributed by atoms with Gasteiger partial charge in [0.15, 0.2) is 11.6 Å². The molecule has 1 amide bonds. The number of likely N-dealkylation sites (N-methyl/N-ethyl adjacent to an activating group) is 1. The molecule has 0 heterocycles. The lowest BCUT2D eigenvalue weighted by atomic mass is 10.1. The van der Waals surface area contributed by atoms with Crippen LogP contribution >= 0.6 is 12.2 Å². The molecule has 3 nitrogen and oxygen atoms in total. The van der Waals surface area contributed by atoms with Crippen molar-refractivity contribution in [1.82, 2.24) is 4.90 Å². The molecule has 20 heavy (non-hydrogen) atoms. The summed E-state index contributed by atoms with van der Waals surface area (Å²) in [5.41, 5.74) is 5.57. The van der Waals surface area contributed by atoms with Gasteiger partial charge < -0.3 is 10.6 Å². The molecular weight excluding hydrogens is 282 g/mol. The molecule has 0 radical (unpaired) electrons. The van der Waals surface area contributed by atoms with Gasteiger partial charge in [-0.25, -0.2) is 8.78 Å². The SMILES string of the molecule is CCN(CC(C)C(N)=S)C(=O)Cc1cccc(F)c1F. The summed E-state index contributed by atoms with van der Waals surface area (Å²) in [7, 11) is 0. The topological polar surface area (TPSA) is 46.3 Å². The van der Waals surface area contributed by atoms with Crippen molar-refractivity contribution in [3.05, 3.63) is 35.4 Å². The highest BCUT2D eigenvalue weighted by molar-refractivity contribution is 7.80.